The first kappa shape index (κ1) is 19.9. The lowest BCUT2D eigenvalue weighted by Gasteiger charge is -2.20. The summed E-state index contributed by atoms with van der Waals surface area (Å²) in [6.45, 7) is 9.60. The summed E-state index contributed by atoms with van der Waals surface area (Å²) in [5.41, 5.74) is -0.300. The smallest absolute Gasteiger partial charge is 0.331 e. The number of nitrogens with one attached hydrogen (secondary N) is 2. The van der Waals surface area contributed by atoms with Crippen LogP contribution in [-0.4, -0.2) is 42.8 Å². The van der Waals surface area contributed by atoms with Crippen LogP contribution >= 0.6 is 0 Å². The van der Waals surface area contributed by atoms with Gasteiger partial charge in [0.05, 0.1) is 12.7 Å². The molecular formula is C15H26N2O5. The number of rotatable bonds is 7. The largest absolute Gasteiger partial charge is 0.462 e. The first-order valence-electron chi connectivity index (χ1n) is 7.21. The van der Waals surface area contributed by atoms with Crippen molar-refractivity contribution in [1.82, 2.24) is 10.6 Å². The van der Waals surface area contributed by atoms with Crippen LogP contribution in [0.1, 0.15) is 41.0 Å². The van der Waals surface area contributed by atoms with E-state index in [4.69, 9.17) is 9.47 Å². The van der Waals surface area contributed by atoms with Crippen LogP contribution in [0.5, 0.6) is 0 Å². The SMILES string of the molecule is CC(C)OC(=O)/C=C/C(=O)OCCCNC(=O)NC(C)(C)C. The molecule has 0 fully saturated rings. The lowest BCUT2D eigenvalue weighted by atomic mass is 10.1. The second-order valence-electron chi connectivity index (χ2n) is 5.97. The number of urea groups is 1. The molecule has 0 heterocycles. The van der Waals surface area contributed by atoms with Crippen molar-refractivity contribution in [2.45, 2.75) is 52.7 Å². The Morgan fingerprint density at radius 2 is 1.68 bits per heavy atom. The van der Waals surface area contributed by atoms with Crippen LogP contribution in [-0.2, 0) is 19.1 Å². The van der Waals surface area contributed by atoms with Crippen molar-refractivity contribution >= 4 is 18.0 Å². The van der Waals surface area contributed by atoms with Crippen molar-refractivity contribution < 1.29 is 23.9 Å². The first-order chi connectivity index (χ1) is 10.1. The molecule has 0 saturated carbocycles. The summed E-state index contributed by atoms with van der Waals surface area (Å²) >= 11 is 0. The van der Waals surface area contributed by atoms with Crippen LogP contribution < -0.4 is 10.6 Å². The average molecular weight is 314 g/mol. The predicted molar refractivity (Wildman–Crippen MR) is 82.2 cm³/mol. The van der Waals surface area contributed by atoms with Gasteiger partial charge in [0.1, 0.15) is 0 Å². The van der Waals surface area contributed by atoms with E-state index in [1.807, 2.05) is 20.8 Å². The summed E-state index contributed by atoms with van der Waals surface area (Å²) < 4.78 is 9.70. The zero-order valence-electron chi connectivity index (χ0n) is 13.9. The van der Waals surface area contributed by atoms with Crippen molar-refractivity contribution in [3.63, 3.8) is 0 Å². The molecule has 0 aromatic rings. The van der Waals surface area contributed by atoms with Crippen LogP contribution in [0.15, 0.2) is 12.2 Å². The summed E-state index contributed by atoms with van der Waals surface area (Å²) in [6, 6.07) is -0.268. The van der Waals surface area contributed by atoms with Gasteiger partial charge in [0, 0.05) is 24.2 Å². The molecule has 22 heavy (non-hydrogen) atoms. The van der Waals surface area contributed by atoms with Crippen LogP contribution in [0.25, 0.3) is 0 Å². The minimum atomic E-state index is -0.625. The van der Waals surface area contributed by atoms with Gasteiger partial charge in [-0.3, -0.25) is 0 Å². The highest BCUT2D eigenvalue weighted by atomic mass is 16.5. The standard InChI is InChI=1S/C15H26N2O5/c1-11(2)22-13(19)8-7-12(18)21-10-6-9-16-14(20)17-15(3,4)5/h7-8,11H,6,9-10H2,1-5H3,(H2,16,17,20)/b8-7+. The van der Waals surface area contributed by atoms with Gasteiger partial charge >= 0.3 is 18.0 Å². The second kappa shape index (κ2) is 9.81. The molecule has 2 amide bonds. The molecule has 7 heteroatoms. The van der Waals surface area contributed by atoms with Gasteiger partial charge in [-0.1, -0.05) is 0 Å². The third-order valence-corrected chi connectivity index (χ3v) is 2.05. The summed E-state index contributed by atoms with van der Waals surface area (Å²) in [7, 11) is 0. The lowest BCUT2D eigenvalue weighted by Crippen LogP contribution is -2.46. The van der Waals surface area contributed by atoms with Crippen molar-refractivity contribution in [1.29, 1.82) is 0 Å². The topological polar surface area (TPSA) is 93.7 Å². The Morgan fingerprint density at radius 3 is 2.23 bits per heavy atom. The highest BCUT2D eigenvalue weighted by Gasteiger charge is 2.12. The molecule has 126 valence electrons. The average Bonchev–Trinajstić information content (AvgIpc) is 2.33. The number of carbonyl (C=O) groups is 3. The normalized spacial score (nSPS) is 11.4. The van der Waals surface area contributed by atoms with Gasteiger partial charge in [0.2, 0.25) is 0 Å². The highest BCUT2D eigenvalue weighted by Crippen LogP contribution is 1.97. The number of ether oxygens (including phenoxy) is 2. The van der Waals surface area contributed by atoms with Gasteiger partial charge in [-0.15, -0.1) is 0 Å². The van der Waals surface area contributed by atoms with Gasteiger partial charge in [0.25, 0.3) is 0 Å². The van der Waals surface area contributed by atoms with Crippen LogP contribution in [0.2, 0.25) is 0 Å². The maximum Gasteiger partial charge on any atom is 0.331 e. The van der Waals surface area contributed by atoms with Crippen molar-refractivity contribution in [2.75, 3.05) is 13.2 Å². The monoisotopic (exact) mass is 314 g/mol. The third-order valence-electron chi connectivity index (χ3n) is 2.05. The number of esters is 2. The molecule has 0 rings (SSSR count). The predicted octanol–water partition coefficient (Wildman–Crippen LogP) is 1.53. The van der Waals surface area contributed by atoms with E-state index >= 15 is 0 Å². The quantitative estimate of drug-likeness (QED) is 0.422. The van der Waals surface area contributed by atoms with Gasteiger partial charge in [-0.25, -0.2) is 14.4 Å². The zero-order chi connectivity index (χ0) is 17.2. The molecule has 0 spiro atoms. The van der Waals surface area contributed by atoms with E-state index in [2.05, 4.69) is 10.6 Å². The van der Waals surface area contributed by atoms with Crippen LogP contribution in [0.4, 0.5) is 4.79 Å². The third kappa shape index (κ3) is 13.0. The van der Waals surface area contributed by atoms with Crippen molar-refractivity contribution in [3.8, 4) is 0 Å². The fraction of sp³-hybridized carbons (Fsp3) is 0.667. The maximum atomic E-state index is 11.4. The maximum absolute atomic E-state index is 11.4. The second-order valence-corrected chi connectivity index (χ2v) is 5.97. The molecule has 7 nitrogen and oxygen atoms in total. The molecular weight excluding hydrogens is 288 g/mol. The highest BCUT2D eigenvalue weighted by molar-refractivity contribution is 5.91. The molecule has 2 N–H and O–H groups in total. The molecule has 0 aliphatic heterocycles. The molecule has 0 bridgehead atoms. The van der Waals surface area contributed by atoms with E-state index in [1.54, 1.807) is 13.8 Å². The van der Waals surface area contributed by atoms with Gasteiger partial charge in [-0.2, -0.15) is 0 Å². The van der Waals surface area contributed by atoms with Crippen LogP contribution in [0.3, 0.4) is 0 Å². The Hall–Kier alpha value is -2.05. The van der Waals surface area contributed by atoms with E-state index < -0.39 is 11.9 Å². The fourth-order valence-corrected chi connectivity index (χ4v) is 1.29. The molecule has 0 aliphatic rings. The summed E-state index contributed by atoms with van der Waals surface area (Å²) in [5, 5.41) is 5.40. The van der Waals surface area contributed by atoms with Gasteiger partial charge < -0.3 is 20.1 Å². The fourth-order valence-electron chi connectivity index (χ4n) is 1.29. The molecule has 0 unspecified atom stereocenters. The molecule has 0 radical (unpaired) electrons. The van der Waals surface area contributed by atoms with Gasteiger partial charge in [0.15, 0.2) is 0 Å². The minimum absolute atomic E-state index is 0.151. The molecule has 0 aromatic heterocycles. The van der Waals surface area contributed by atoms with E-state index in [-0.39, 0.29) is 24.3 Å². The minimum Gasteiger partial charge on any atom is -0.462 e. The summed E-state index contributed by atoms with van der Waals surface area (Å²) in [4.78, 5) is 33.9. The first-order valence-corrected chi connectivity index (χ1v) is 7.21. The molecule has 0 saturated heterocycles. The number of hydrogen-bond acceptors (Lipinski definition) is 5. The zero-order valence-corrected chi connectivity index (χ0v) is 13.9. The Kier molecular flexibility index (Phi) is 8.89. The summed E-state index contributed by atoms with van der Waals surface area (Å²) in [5.74, 6) is -1.22. The van der Waals surface area contributed by atoms with E-state index in [1.165, 1.54) is 0 Å². The molecule has 0 aromatic carbocycles. The van der Waals surface area contributed by atoms with Crippen molar-refractivity contribution in [3.05, 3.63) is 12.2 Å². The van der Waals surface area contributed by atoms with E-state index in [0.29, 0.717) is 13.0 Å². The lowest BCUT2D eigenvalue weighted by molar-refractivity contribution is -0.142. The van der Waals surface area contributed by atoms with E-state index in [0.717, 1.165) is 12.2 Å². The number of amides is 2. The summed E-state index contributed by atoms with van der Waals surface area (Å²) in [6.07, 6.45) is 2.29. The number of carbonyl (C=O) groups excluding carboxylic acids is 3. The number of hydrogen-bond donors (Lipinski definition) is 2. The molecule has 0 atom stereocenters. The Balaban J connectivity index is 3.75. The molecule has 0 aliphatic carbocycles. The Labute approximate surface area is 131 Å². The Morgan fingerprint density at radius 1 is 1.09 bits per heavy atom. The van der Waals surface area contributed by atoms with Gasteiger partial charge in [-0.05, 0) is 41.0 Å². The van der Waals surface area contributed by atoms with E-state index in [9.17, 15) is 14.4 Å². The van der Waals surface area contributed by atoms with Crippen LogP contribution in [0, 0.1) is 0 Å². The Bertz CT molecular complexity index is 411. The van der Waals surface area contributed by atoms with Crippen molar-refractivity contribution in [2.24, 2.45) is 0 Å².